The van der Waals surface area contributed by atoms with Gasteiger partial charge in [-0.25, -0.2) is 4.79 Å². The third-order valence-electron chi connectivity index (χ3n) is 10.5. The van der Waals surface area contributed by atoms with Crippen molar-refractivity contribution in [3.05, 3.63) is 29.3 Å². The van der Waals surface area contributed by atoms with Crippen LogP contribution in [0.1, 0.15) is 88.7 Å². The lowest BCUT2D eigenvalue weighted by Crippen LogP contribution is -2.47. The minimum absolute atomic E-state index is 0.254. The van der Waals surface area contributed by atoms with E-state index >= 15 is 0 Å². The maximum atomic E-state index is 12.9. The molecule has 2 aliphatic heterocycles. The molecule has 4 fully saturated rings. The molecule has 2 heterocycles. The van der Waals surface area contributed by atoms with Gasteiger partial charge in [0.25, 0.3) is 0 Å². The SMILES string of the molecule is CCOC1CCC2C3CCc4cc(OC(=O)N5CCC(N6CCCC6=O)CC5)ccc4C3CCC12C. The average Bonchev–Trinajstić information content (AvgIpc) is 3.47. The van der Waals surface area contributed by atoms with Gasteiger partial charge in [-0.1, -0.05) is 13.0 Å². The van der Waals surface area contributed by atoms with E-state index in [2.05, 4.69) is 26.0 Å². The minimum atomic E-state index is -0.254. The van der Waals surface area contributed by atoms with Crippen molar-refractivity contribution in [2.24, 2.45) is 17.3 Å². The van der Waals surface area contributed by atoms with Crippen LogP contribution < -0.4 is 4.74 Å². The lowest BCUT2D eigenvalue weighted by molar-refractivity contribution is -0.130. The fraction of sp³-hybridized carbons (Fsp3) is 0.733. The predicted octanol–water partition coefficient (Wildman–Crippen LogP) is 5.53. The highest BCUT2D eigenvalue weighted by molar-refractivity contribution is 5.78. The van der Waals surface area contributed by atoms with Crippen LogP contribution in [0.3, 0.4) is 0 Å². The fourth-order valence-electron chi connectivity index (χ4n) is 8.63. The summed E-state index contributed by atoms with van der Waals surface area (Å²) >= 11 is 0. The summed E-state index contributed by atoms with van der Waals surface area (Å²) in [5.74, 6) is 3.09. The van der Waals surface area contributed by atoms with Gasteiger partial charge in [0, 0.05) is 38.7 Å². The first-order chi connectivity index (χ1) is 17.5. The Bertz CT molecular complexity index is 1000. The van der Waals surface area contributed by atoms with E-state index in [-0.39, 0.29) is 18.0 Å². The number of hydrogen-bond acceptors (Lipinski definition) is 4. The van der Waals surface area contributed by atoms with Crippen molar-refractivity contribution in [2.75, 3.05) is 26.2 Å². The van der Waals surface area contributed by atoms with Gasteiger partial charge in [0.05, 0.1) is 6.10 Å². The van der Waals surface area contributed by atoms with Crippen LogP contribution in [0.15, 0.2) is 18.2 Å². The molecule has 0 radical (unpaired) electrons. The molecule has 6 nitrogen and oxygen atoms in total. The number of ether oxygens (including phenoxy) is 2. The van der Waals surface area contributed by atoms with E-state index in [4.69, 9.17) is 9.47 Å². The van der Waals surface area contributed by atoms with E-state index in [1.54, 1.807) is 0 Å². The smallest absolute Gasteiger partial charge is 0.410 e. The quantitative estimate of drug-likeness (QED) is 0.552. The topological polar surface area (TPSA) is 59.1 Å². The van der Waals surface area contributed by atoms with Gasteiger partial charge in [-0.2, -0.15) is 0 Å². The van der Waals surface area contributed by atoms with Gasteiger partial charge in [0.1, 0.15) is 5.75 Å². The van der Waals surface area contributed by atoms with Crippen LogP contribution in [-0.4, -0.2) is 60.2 Å². The van der Waals surface area contributed by atoms with E-state index in [9.17, 15) is 9.59 Å². The predicted molar refractivity (Wildman–Crippen MR) is 138 cm³/mol. The zero-order valence-corrected chi connectivity index (χ0v) is 22.0. The molecule has 2 amide bonds. The van der Waals surface area contributed by atoms with Crippen LogP contribution >= 0.6 is 0 Å². The minimum Gasteiger partial charge on any atom is -0.410 e. The molecule has 2 saturated carbocycles. The number of hydrogen-bond donors (Lipinski definition) is 0. The number of carbonyl (C=O) groups is 2. The lowest BCUT2D eigenvalue weighted by atomic mass is 9.55. The van der Waals surface area contributed by atoms with Crippen molar-refractivity contribution in [1.29, 1.82) is 0 Å². The molecule has 3 aliphatic carbocycles. The van der Waals surface area contributed by atoms with Crippen molar-refractivity contribution in [3.8, 4) is 5.75 Å². The summed E-state index contributed by atoms with van der Waals surface area (Å²) in [6, 6.07) is 6.67. The first-order valence-electron chi connectivity index (χ1n) is 14.5. The molecule has 5 atom stereocenters. The molecule has 0 N–H and O–H groups in total. The van der Waals surface area contributed by atoms with Crippen LogP contribution in [0.2, 0.25) is 0 Å². The van der Waals surface area contributed by atoms with Crippen molar-refractivity contribution in [3.63, 3.8) is 0 Å². The number of likely N-dealkylation sites (tertiary alicyclic amines) is 2. The molecule has 196 valence electrons. The van der Waals surface area contributed by atoms with Crippen molar-refractivity contribution in [1.82, 2.24) is 9.80 Å². The van der Waals surface area contributed by atoms with Crippen LogP contribution in [0, 0.1) is 17.3 Å². The van der Waals surface area contributed by atoms with Crippen LogP contribution in [0.25, 0.3) is 0 Å². The monoisotopic (exact) mass is 494 g/mol. The maximum absolute atomic E-state index is 12.9. The Balaban J connectivity index is 1.08. The third kappa shape index (κ3) is 4.13. The van der Waals surface area contributed by atoms with E-state index in [1.807, 2.05) is 15.9 Å². The highest BCUT2D eigenvalue weighted by Gasteiger charge is 2.55. The van der Waals surface area contributed by atoms with Gasteiger partial charge in [0.2, 0.25) is 5.91 Å². The zero-order chi connectivity index (χ0) is 24.9. The molecule has 0 spiro atoms. The van der Waals surface area contributed by atoms with Crippen LogP contribution in [0.5, 0.6) is 5.75 Å². The first-order valence-corrected chi connectivity index (χ1v) is 14.5. The summed E-state index contributed by atoms with van der Waals surface area (Å²) in [5, 5.41) is 0. The van der Waals surface area contributed by atoms with Gasteiger partial charge in [-0.15, -0.1) is 0 Å². The number of fused-ring (bicyclic) bond motifs is 5. The maximum Gasteiger partial charge on any atom is 0.415 e. The number of aryl methyl sites for hydroxylation is 1. The molecular formula is C30H42N2O4. The van der Waals surface area contributed by atoms with Crippen molar-refractivity contribution < 1.29 is 19.1 Å². The van der Waals surface area contributed by atoms with E-state index in [1.165, 1.54) is 43.2 Å². The lowest BCUT2D eigenvalue weighted by Gasteiger charge is -2.50. The van der Waals surface area contributed by atoms with E-state index < -0.39 is 0 Å². The summed E-state index contributed by atoms with van der Waals surface area (Å²) in [5.41, 5.74) is 3.19. The molecule has 0 bridgehead atoms. The Morgan fingerprint density at radius 2 is 1.89 bits per heavy atom. The van der Waals surface area contributed by atoms with Gasteiger partial charge < -0.3 is 19.3 Å². The number of amides is 2. The Morgan fingerprint density at radius 1 is 1.06 bits per heavy atom. The molecule has 0 aromatic heterocycles. The standard InChI is InChI=1S/C30H42N2O4/c1-3-35-27-11-10-26-25-8-6-20-19-22(7-9-23(20)24(25)12-15-30(26,27)2)36-29(34)31-17-13-21(14-18-31)32-16-4-5-28(32)33/h7,9,19,21,24-27H,3-6,8,10-18H2,1-2H3. The second-order valence-corrected chi connectivity index (χ2v) is 12.1. The number of benzene rings is 1. The number of rotatable bonds is 4. The fourth-order valence-corrected chi connectivity index (χ4v) is 8.63. The molecule has 5 unspecified atom stereocenters. The van der Waals surface area contributed by atoms with Crippen LogP contribution in [-0.2, 0) is 16.0 Å². The largest absolute Gasteiger partial charge is 0.415 e. The number of piperidine rings is 1. The molecule has 1 aromatic rings. The average molecular weight is 495 g/mol. The van der Waals surface area contributed by atoms with E-state index in [0.29, 0.717) is 42.7 Å². The van der Waals surface area contributed by atoms with E-state index in [0.717, 1.165) is 50.7 Å². The van der Waals surface area contributed by atoms with Gasteiger partial charge >= 0.3 is 6.09 Å². The van der Waals surface area contributed by atoms with Gasteiger partial charge in [-0.3, -0.25) is 4.79 Å². The summed E-state index contributed by atoms with van der Waals surface area (Å²) in [6.45, 7) is 7.63. The molecule has 6 heteroatoms. The Labute approximate surface area is 215 Å². The Morgan fingerprint density at radius 3 is 2.64 bits per heavy atom. The zero-order valence-electron chi connectivity index (χ0n) is 22.0. The Hall–Kier alpha value is -2.08. The highest BCUT2D eigenvalue weighted by Crippen LogP contribution is 2.61. The van der Waals surface area contributed by atoms with Gasteiger partial charge in [-0.05, 0) is 111 Å². The second-order valence-electron chi connectivity index (χ2n) is 12.1. The summed E-state index contributed by atoms with van der Waals surface area (Å²) in [4.78, 5) is 28.8. The highest BCUT2D eigenvalue weighted by atomic mass is 16.6. The third-order valence-corrected chi connectivity index (χ3v) is 10.5. The Kier molecular flexibility index (Phi) is 6.51. The van der Waals surface area contributed by atoms with Crippen molar-refractivity contribution in [2.45, 2.75) is 96.1 Å². The molecule has 5 aliphatic rings. The molecule has 6 rings (SSSR count). The number of nitrogens with zero attached hydrogens (tertiary/aromatic N) is 2. The molecular weight excluding hydrogens is 452 g/mol. The first kappa shape index (κ1) is 24.3. The molecule has 36 heavy (non-hydrogen) atoms. The number of carbonyl (C=O) groups excluding carboxylic acids is 2. The summed E-state index contributed by atoms with van der Waals surface area (Å²) < 4.78 is 12.0. The summed E-state index contributed by atoms with van der Waals surface area (Å²) in [6.07, 6.45) is 10.8. The summed E-state index contributed by atoms with van der Waals surface area (Å²) in [7, 11) is 0. The second kappa shape index (κ2) is 9.66. The van der Waals surface area contributed by atoms with Crippen LogP contribution in [0.4, 0.5) is 4.79 Å². The normalized spacial score (nSPS) is 34.3. The molecule has 1 aromatic carbocycles. The molecule has 2 saturated heterocycles. The van der Waals surface area contributed by atoms with Gasteiger partial charge in [0.15, 0.2) is 0 Å². The van der Waals surface area contributed by atoms with Crippen molar-refractivity contribution >= 4 is 12.0 Å².